The van der Waals surface area contributed by atoms with Crippen LogP contribution in [0.15, 0.2) is 11.4 Å². The van der Waals surface area contributed by atoms with Crippen molar-refractivity contribution in [2.24, 2.45) is 0 Å². The number of likely N-dealkylation sites (tertiary alicyclic amines) is 1. The first-order chi connectivity index (χ1) is 10.2. The highest BCUT2D eigenvalue weighted by molar-refractivity contribution is 7.85. The Hall–Kier alpha value is -1.21. The minimum Gasteiger partial charge on any atom is -0.444 e. The molecule has 1 saturated heterocycles. The molecule has 6 nitrogen and oxygen atoms in total. The number of carbonyl (C=O) groups excluding carboxylic acids is 1. The third-order valence-corrected chi connectivity index (χ3v) is 5.10. The van der Waals surface area contributed by atoms with E-state index < -0.39 is 16.4 Å². The highest BCUT2D eigenvalue weighted by atomic mass is 35.5. The Bertz CT molecular complexity index is 603. The number of nitrogens with zero attached hydrogens (tertiary/aromatic N) is 3. The molecule has 2 atom stereocenters. The van der Waals surface area contributed by atoms with E-state index in [2.05, 4.69) is 9.97 Å². The number of rotatable bonds is 2. The molecule has 0 aliphatic carbocycles. The fraction of sp³-hybridized carbons (Fsp3) is 0.643. The second-order valence-electron chi connectivity index (χ2n) is 6.26. The zero-order valence-electron chi connectivity index (χ0n) is 13.1. The highest BCUT2D eigenvalue weighted by Gasteiger charge is 2.34. The summed E-state index contributed by atoms with van der Waals surface area (Å²) in [6, 6.07) is 0. The Morgan fingerprint density at radius 1 is 1.50 bits per heavy atom. The second-order valence-corrected chi connectivity index (χ2v) is 8.25. The van der Waals surface area contributed by atoms with Crippen molar-refractivity contribution in [3.63, 3.8) is 0 Å². The molecule has 8 heteroatoms. The molecule has 0 saturated carbocycles. The van der Waals surface area contributed by atoms with E-state index in [0.717, 1.165) is 5.56 Å². The summed E-state index contributed by atoms with van der Waals surface area (Å²) >= 11 is 5.95. The third-order valence-electron chi connectivity index (χ3n) is 3.17. The highest BCUT2D eigenvalue weighted by Crippen LogP contribution is 2.22. The topological polar surface area (TPSA) is 72.4 Å². The molecule has 0 aromatic carbocycles. The van der Waals surface area contributed by atoms with Gasteiger partial charge in [0.15, 0.2) is 0 Å². The predicted molar refractivity (Wildman–Crippen MR) is 84.4 cm³/mol. The van der Waals surface area contributed by atoms with Crippen LogP contribution in [0.3, 0.4) is 0 Å². The van der Waals surface area contributed by atoms with Gasteiger partial charge in [0.05, 0.1) is 16.0 Å². The molecule has 2 rings (SSSR count). The molecule has 22 heavy (non-hydrogen) atoms. The molecule has 1 amide bonds. The van der Waals surface area contributed by atoms with Crippen molar-refractivity contribution in [1.82, 2.24) is 14.9 Å². The van der Waals surface area contributed by atoms with Crippen molar-refractivity contribution in [2.45, 2.75) is 50.1 Å². The quantitative estimate of drug-likeness (QED) is 0.608. The van der Waals surface area contributed by atoms with Gasteiger partial charge < -0.3 is 9.64 Å². The van der Waals surface area contributed by atoms with Crippen molar-refractivity contribution in [3.05, 3.63) is 16.9 Å². The fourth-order valence-corrected chi connectivity index (χ4v) is 3.50. The first kappa shape index (κ1) is 17.1. The Morgan fingerprint density at radius 2 is 2.18 bits per heavy atom. The van der Waals surface area contributed by atoms with Crippen LogP contribution in [0.5, 0.6) is 0 Å². The van der Waals surface area contributed by atoms with Gasteiger partial charge in [-0.05, 0) is 34.1 Å². The van der Waals surface area contributed by atoms with Gasteiger partial charge in [-0.15, -0.1) is 0 Å². The average Bonchev–Trinajstić information content (AvgIpc) is 2.89. The van der Waals surface area contributed by atoms with E-state index in [9.17, 15) is 9.00 Å². The number of aryl methyl sites for hydroxylation is 1. The van der Waals surface area contributed by atoms with E-state index >= 15 is 0 Å². The van der Waals surface area contributed by atoms with Crippen molar-refractivity contribution < 1.29 is 13.7 Å². The minimum absolute atomic E-state index is 0.203. The average molecular weight is 346 g/mol. The van der Waals surface area contributed by atoms with Gasteiger partial charge in [-0.2, -0.15) is 0 Å². The van der Waals surface area contributed by atoms with Crippen LogP contribution in [0.25, 0.3) is 0 Å². The SMILES string of the molecule is Cc1cnc(S(=O)[C@H]2CCN(C(=O)OC(C)(C)C)C2)nc1Cl. The summed E-state index contributed by atoms with van der Waals surface area (Å²) in [7, 11) is -1.39. The summed E-state index contributed by atoms with van der Waals surface area (Å²) < 4.78 is 17.8. The first-order valence-corrected chi connectivity index (χ1v) is 8.64. The molecule has 122 valence electrons. The van der Waals surface area contributed by atoms with Crippen LogP contribution in [0, 0.1) is 6.92 Å². The van der Waals surface area contributed by atoms with E-state index in [1.807, 2.05) is 20.8 Å². The zero-order chi connectivity index (χ0) is 16.5. The molecule has 0 spiro atoms. The molecule has 1 unspecified atom stereocenters. The van der Waals surface area contributed by atoms with Crippen LogP contribution >= 0.6 is 11.6 Å². The molecule has 1 aromatic heterocycles. The fourth-order valence-electron chi connectivity index (χ4n) is 2.05. The minimum atomic E-state index is -1.39. The van der Waals surface area contributed by atoms with Crippen molar-refractivity contribution in [3.8, 4) is 0 Å². The lowest BCUT2D eigenvalue weighted by Gasteiger charge is -2.24. The van der Waals surface area contributed by atoms with Crippen molar-refractivity contribution >= 4 is 28.5 Å². The van der Waals surface area contributed by atoms with Gasteiger partial charge >= 0.3 is 6.09 Å². The molecular formula is C14H20ClN3O3S. The van der Waals surface area contributed by atoms with Crippen LogP contribution in [-0.4, -0.2) is 49.1 Å². The Kier molecular flexibility index (Phi) is 5.07. The van der Waals surface area contributed by atoms with Gasteiger partial charge in [0.25, 0.3) is 0 Å². The van der Waals surface area contributed by atoms with E-state index in [1.165, 1.54) is 0 Å². The number of amides is 1. The van der Waals surface area contributed by atoms with Gasteiger partial charge in [0.2, 0.25) is 5.16 Å². The molecule has 1 aliphatic rings. The summed E-state index contributed by atoms with van der Waals surface area (Å²) in [5.41, 5.74) is 0.200. The van der Waals surface area contributed by atoms with Crippen LogP contribution in [0.1, 0.15) is 32.8 Å². The number of ether oxygens (including phenoxy) is 1. The summed E-state index contributed by atoms with van der Waals surface area (Å²) in [6.45, 7) is 8.13. The van der Waals surface area contributed by atoms with Gasteiger partial charge in [0, 0.05) is 24.8 Å². The van der Waals surface area contributed by atoms with Gasteiger partial charge in [-0.3, -0.25) is 4.21 Å². The van der Waals surface area contributed by atoms with Crippen LogP contribution in [0.4, 0.5) is 4.79 Å². The number of hydrogen-bond acceptors (Lipinski definition) is 5. The Balaban J connectivity index is 2.02. The van der Waals surface area contributed by atoms with Crippen molar-refractivity contribution in [2.75, 3.05) is 13.1 Å². The second kappa shape index (κ2) is 6.50. The maximum absolute atomic E-state index is 12.5. The Morgan fingerprint density at radius 3 is 2.77 bits per heavy atom. The number of hydrogen-bond donors (Lipinski definition) is 0. The standard InChI is InChI=1S/C14H20ClN3O3S/c1-9-7-16-12(17-11(9)15)22(20)10-5-6-18(8-10)13(19)21-14(2,3)4/h7,10H,5-6,8H2,1-4H3/t10-,22?/m0/s1. The molecule has 1 fully saturated rings. The molecule has 0 radical (unpaired) electrons. The smallest absolute Gasteiger partial charge is 0.410 e. The van der Waals surface area contributed by atoms with Gasteiger partial charge in [0.1, 0.15) is 10.8 Å². The molecule has 0 bridgehead atoms. The van der Waals surface area contributed by atoms with Crippen LogP contribution < -0.4 is 0 Å². The van der Waals surface area contributed by atoms with Crippen molar-refractivity contribution in [1.29, 1.82) is 0 Å². The summed E-state index contributed by atoms with van der Waals surface area (Å²) in [5.74, 6) is 0. The predicted octanol–water partition coefficient (Wildman–Crippen LogP) is 2.56. The summed E-state index contributed by atoms with van der Waals surface area (Å²) in [5, 5.41) is 0.318. The zero-order valence-corrected chi connectivity index (χ0v) is 14.7. The molecular weight excluding hydrogens is 326 g/mol. The molecule has 2 heterocycles. The maximum atomic E-state index is 12.5. The van der Waals surface area contributed by atoms with E-state index in [1.54, 1.807) is 18.0 Å². The van der Waals surface area contributed by atoms with E-state index in [0.29, 0.717) is 24.7 Å². The molecule has 1 aromatic rings. The largest absolute Gasteiger partial charge is 0.444 e. The lowest BCUT2D eigenvalue weighted by molar-refractivity contribution is 0.0295. The summed E-state index contributed by atoms with van der Waals surface area (Å²) in [4.78, 5) is 21.7. The van der Waals surface area contributed by atoms with E-state index in [4.69, 9.17) is 16.3 Å². The Labute approximate surface area is 137 Å². The number of halogens is 1. The van der Waals surface area contributed by atoms with Crippen LogP contribution in [-0.2, 0) is 15.5 Å². The van der Waals surface area contributed by atoms with Gasteiger partial charge in [-0.1, -0.05) is 11.6 Å². The monoisotopic (exact) mass is 345 g/mol. The van der Waals surface area contributed by atoms with Gasteiger partial charge in [-0.25, -0.2) is 14.8 Å². The molecule has 1 aliphatic heterocycles. The summed E-state index contributed by atoms with van der Waals surface area (Å²) in [6.07, 6.45) is 1.80. The molecule has 0 N–H and O–H groups in total. The lowest BCUT2D eigenvalue weighted by atomic mass is 10.2. The van der Waals surface area contributed by atoms with Crippen LogP contribution in [0.2, 0.25) is 5.15 Å². The number of aromatic nitrogens is 2. The third kappa shape index (κ3) is 4.16. The maximum Gasteiger partial charge on any atom is 0.410 e. The van der Waals surface area contributed by atoms with E-state index in [-0.39, 0.29) is 16.5 Å². The lowest BCUT2D eigenvalue weighted by Crippen LogP contribution is -2.36. The first-order valence-electron chi connectivity index (χ1n) is 7.05. The number of carbonyl (C=O) groups is 1. The normalized spacial score (nSPS) is 20.0.